The highest BCUT2D eigenvalue weighted by molar-refractivity contribution is 6.03. The van der Waals surface area contributed by atoms with Gasteiger partial charge in [0.05, 0.1) is 5.92 Å². The lowest BCUT2D eigenvalue weighted by Crippen LogP contribution is -2.22. The average molecular weight is 202 g/mol. The Kier molecular flexibility index (Phi) is 2.54. The number of hydrogen-bond donors (Lipinski definition) is 1. The summed E-state index contributed by atoms with van der Waals surface area (Å²) in [4.78, 5) is 19.1. The Morgan fingerprint density at radius 3 is 3.13 bits per heavy atom. The Bertz CT molecular complexity index is 429. The molecule has 1 aliphatic heterocycles. The van der Waals surface area contributed by atoms with Crippen LogP contribution in [0.5, 0.6) is 0 Å². The molecule has 1 aliphatic rings. The van der Waals surface area contributed by atoms with Gasteiger partial charge in [0.15, 0.2) is 5.78 Å². The lowest BCUT2D eigenvalue weighted by Gasteiger charge is -2.21. The largest absolute Gasteiger partial charge is 0.346 e. The third kappa shape index (κ3) is 1.65. The van der Waals surface area contributed by atoms with E-state index in [-0.39, 0.29) is 17.6 Å². The van der Waals surface area contributed by atoms with E-state index in [9.17, 15) is 4.79 Å². The Morgan fingerprint density at radius 1 is 1.60 bits per heavy atom. The fourth-order valence-electron chi connectivity index (χ4n) is 1.92. The maximum atomic E-state index is 11.8. The van der Waals surface area contributed by atoms with Crippen molar-refractivity contribution in [1.82, 2.24) is 4.98 Å². The summed E-state index contributed by atoms with van der Waals surface area (Å²) in [6.45, 7) is 3.91. The molecule has 0 fully saturated rings. The first kappa shape index (κ1) is 9.90. The minimum Gasteiger partial charge on any atom is -0.346 e. The maximum absolute atomic E-state index is 11.8. The van der Waals surface area contributed by atoms with Crippen LogP contribution in [0.1, 0.15) is 25.3 Å². The molecule has 2 heterocycles. The third-order valence-electron chi connectivity index (χ3n) is 2.81. The minimum absolute atomic E-state index is 0.121. The molecule has 0 aromatic carbocycles. The standard InChI is InChI=1S/C12H14N2O/c1-3-4-11(15)10-7-14-12-9(8(10)2)5-6-13-12/h3-8,10,13H,1-2H3. The number of hydrogen-bond acceptors (Lipinski definition) is 2. The molecule has 2 atom stereocenters. The van der Waals surface area contributed by atoms with E-state index in [0.29, 0.717) is 0 Å². The molecule has 0 bridgehead atoms. The van der Waals surface area contributed by atoms with Crippen molar-refractivity contribution >= 4 is 17.8 Å². The fourth-order valence-corrected chi connectivity index (χ4v) is 1.92. The van der Waals surface area contributed by atoms with Crippen molar-refractivity contribution in [1.29, 1.82) is 0 Å². The SMILES string of the molecule is CC=CC(=O)C1C=Nc2[nH]ccc2C1C. The van der Waals surface area contributed by atoms with Crippen LogP contribution in [0.25, 0.3) is 0 Å². The third-order valence-corrected chi connectivity index (χ3v) is 2.81. The number of carbonyl (C=O) groups is 1. The molecule has 3 heteroatoms. The topological polar surface area (TPSA) is 45.2 Å². The van der Waals surface area contributed by atoms with E-state index < -0.39 is 0 Å². The number of nitrogens with one attached hydrogen (secondary N) is 1. The van der Waals surface area contributed by atoms with Crippen LogP contribution in [-0.2, 0) is 4.79 Å². The smallest absolute Gasteiger partial charge is 0.164 e. The molecule has 0 aliphatic carbocycles. The van der Waals surface area contributed by atoms with Crippen LogP contribution in [0, 0.1) is 5.92 Å². The number of aliphatic imine (C=N–C) groups is 1. The number of allylic oxidation sites excluding steroid dienone is 2. The predicted molar refractivity (Wildman–Crippen MR) is 60.7 cm³/mol. The zero-order chi connectivity index (χ0) is 10.8. The molecule has 3 nitrogen and oxygen atoms in total. The van der Waals surface area contributed by atoms with E-state index in [1.165, 1.54) is 0 Å². The second-order valence-corrected chi connectivity index (χ2v) is 3.78. The number of aromatic amines is 1. The van der Waals surface area contributed by atoms with Gasteiger partial charge in [-0.1, -0.05) is 13.0 Å². The number of fused-ring (bicyclic) bond motifs is 1. The lowest BCUT2D eigenvalue weighted by molar-refractivity contribution is -0.116. The number of carbonyl (C=O) groups excluding carboxylic acids is 1. The van der Waals surface area contributed by atoms with Gasteiger partial charge in [-0.15, -0.1) is 0 Å². The summed E-state index contributed by atoms with van der Waals surface area (Å²) in [7, 11) is 0. The van der Waals surface area contributed by atoms with Crippen molar-refractivity contribution in [2.45, 2.75) is 19.8 Å². The molecule has 2 rings (SSSR count). The molecule has 0 saturated carbocycles. The zero-order valence-corrected chi connectivity index (χ0v) is 8.90. The summed E-state index contributed by atoms with van der Waals surface area (Å²) < 4.78 is 0. The van der Waals surface area contributed by atoms with Gasteiger partial charge in [-0.3, -0.25) is 4.79 Å². The van der Waals surface area contributed by atoms with E-state index in [1.54, 1.807) is 18.4 Å². The number of ketones is 1. The van der Waals surface area contributed by atoms with Gasteiger partial charge in [-0.2, -0.15) is 0 Å². The molecule has 0 amide bonds. The van der Waals surface area contributed by atoms with E-state index in [4.69, 9.17) is 0 Å². The predicted octanol–water partition coefficient (Wildman–Crippen LogP) is 2.60. The second-order valence-electron chi connectivity index (χ2n) is 3.78. The molecule has 0 spiro atoms. The Labute approximate surface area is 88.9 Å². The first-order valence-corrected chi connectivity index (χ1v) is 5.12. The number of aromatic nitrogens is 1. The van der Waals surface area contributed by atoms with Gasteiger partial charge in [-0.25, -0.2) is 4.99 Å². The fraction of sp³-hybridized carbons (Fsp3) is 0.333. The number of rotatable bonds is 2. The van der Waals surface area contributed by atoms with Crippen LogP contribution in [0.15, 0.2) is 29.4 Å². The highest BCUT2D eigenvalue weighted by atomic mass is 16.1. The van der Waals surface area contributed by atoms with E-state index in [0.717, 1.165) is 11.4 Å². The molecule has 1 aromatic rings. The van der Waals surface area contributed by atoms with E-state index >= 15 is 0 Å². The zero-order valence-electron chi connectivity index (χ0n) is 8.90. The van der Waals surface area contributed by atoms with Gasteiger partial charge in [0.25, 0.3) is 0 Å². The lowest BCUT2D eigenvalue weighted by atomic mass is 9.84. The maximum Gasteiger partial charge on any atom is 0.164 e. The van der Waals surface area contributed by atoms with Gasteiger partial charge in [-0.05, 0) is 25.0 Å². The molecule has 1 aromatic heterocycles. The van der Waals surface area contributed by atoms with Crippen molar-refractivity contribution in [3.63, 3.8) is 0 Å². The van der Waals surface area contributed by atoms with Gasteiger partial charge >= 0.3 is 0 Å². The van der Waals surface area contributed by atoms with Crippen molar-refractivity contribution in [3.8, 4) is 0 Å². The summed E-state index contributed by atoms with van der Waals surface area (Å²) in [5.41, 5.74) is 1.13. The quantitative estimate of drug-likeness (QED) is 0.736. The van der Waals surface area contributed by atoms with Gasteiger partial charge < -0.3 is 4.98 Å². The van der Waals surface area contributed by atoms with E-state index in [2.05, 4.69) is 16.9 Å². The molecule has 78 valence electrons. The highest BCUT2D eigenvalue weighted by Crippen LogP contribution is 2.34. The van der Waals surface area contributed by atoms with Crippen LogP contribution < -0.4 is 0 Å². The summed E-state index contributed by atoms with van der Waals surface area (Å²) in [6.07, 6.45) is 6.99. The molecule has 2 unspecified atom stereocenters. The average Bonchev–Trinajstić information content (AvgIpc) is 2.67. The van der Waals surface area contributed by atoms with Crippen LogP contribution in [-0.4, -0.2) is 17.0 Å². The summed E-state index contributed by atoms with van der Waals surface area (Å²) in [5.74, 6) is 1.09. The summed E-state index contributed by atoms with van der Waals surface area (Å²) in [6, 6.07) is 1.99. The minimum atomic E-state index is -0.121. The summed E-state index contributed by atoms with van der Waals surface area (Å²) >= 11 is 0. The van der Waals surface area contributed by atoms with Gasteiger partial charge in [0.1, 0.15) is 5.82 Å². The Hall–Kier alpha value is -1.64. The van der Waals surface area contributed by atoms with Crippen molar-refractivity contribution in [2.75, 3.05) is 0 Å². The number of nitrogens with zero attached hydrogens (tertiary/aromatic N) is 1. The molecule has 0 radical (unpaired) electrons. The van der Waals surface area contributed by atoms with Crippen LogP contribution in [0.3, 0.4) is 0 Å². The molecule has 15 heavy (non-hydrogen) atoms. The second kappa shape index (κ2) is 3.85. The molecule has 0 saturated heterocycles. The first-order chi connectivity index (χ1) is 7.24. The summed E-state index contributed by atoms with van der Waals surface area (Å²) in [5, 5.41) is 0. The highest BCUT2D eigenvalue weighted by Gasteiger charge is 2.28. The van der Waals surface area contributed by atoms with Crippen molar-refractivity contribution < 1.29 is 4.79 Å². The van der Waals surface area contributed by atoms with Gasteiger partial charge in [0.2, 0.25) is 0 Å². The first-order valence-electron chi connectivity index (χ1n) is 5.12. The van der Waals surface area contributed by atoms with Crippen molar-refractivity contribution in [3.05, 3.63) is 30.0 Å². The molecule has 1 N–H and O–H groups in total. The molecular formula is C12H14N2O. The van der Waals surface area contributed by atoms with E-state index in [1.807, 2.05) is 19.2 Å². The Morgan fingerprint density at radius 2 is 2.40 bits per heavy atom. The van der Waals surface area contributed by atoms with Crippen molar-refractivity contribution in [2.24, 2.45) is 10.9 Å². The Balaban J connectivity index is 2.30. The van der Waals surface area contributed by atoms with Crippen LogP contribution in [0.2, 0.25) is 0 Å². The number of H-pyrrole nitrogens is 1. The van der Waals surface area contributed by atoms with Gasteiger partial charge in [0, 0.05) is 18.0 Å². The van der Waals surface area contributed by atoms with Crippen LogP contribution >= 0.6 is 0 Å². The normalized spacial score (nSPS) is 24.4. The monoisotopic (exact) mass is 202 g/mol. The van der Waals surface area contributed by atoms with Crippen LogP contribution in [0.4, 0.5) is 5.82 Å². The molecular weight excluding hydrogens is 188 g/mol.